The highest BCUT2D eigenvalue weighted by atomic mass is 35.5. The minimum atomic E-state index is -2.93. The first-order valence-electron chi connectivity index (χ1n) is 20.2. The number of carboxylic acid groups (broad SMARTS) is 1. The van der Waals surface area contributed by atoms with Crippen molar-refractivity contribution in [3.05, 3.63) is 89.0 Å². The van der Waals surface area contributed by atoms with Crippen molar-refractivity contribution in [1.82, 2.24) is 34.9 Å². The second kappa shape index (κ2) is 18.2. The summed E-state index contributed by atoms with van der Waals surface area (Å²) in [7, 11) is 5.16. The lowest BCUT2D eigenvalue weighted by Gasteiger charge is -2.33. The van der Waals surface area contributed by atoms with Crippen molar-refractivity contribution >= 4 is 51.0 Å². The Bertz CT molecular complexity index is 2530. The third-order valence-electron chi connectivity index (χ3n) is 11.8. The number of rotatable bonds is 14. The number of benzene rings is 3. The summed E-state index contributed by atoms with van der Waals surface area (Å²) in [5.41, 5.74) is 5.52. The Morgan fingerprint density at radius 2 is 1.75 bits per heavy atom. The smallest absolute Gasteiger partial charge is 0.306 e. The highest BCUT2D eigenvalue weighted by Crippen LogP contribution is 2.40. The van der Waals surface area contributed by atoms with Crippen LogP contribution in [-0.4, -0.2) is 98.5 Å². The number of fused-ring (bicyclic) bond motifs is 2. The molecule has 1 saturated heterocycles. The summed E-state index contributed by atoms with van der Waals surface area (Å²) in [6.07, 6.45) is 3.34. The molecule has 0 radical (unpaired) electrons. The summed E-state index contributed by atoms with van der Waals surface area (Å²) in [6.45, 7) is 1.75. The standard InChI is InChI=1S/C44H47ClF2N8O6/c1-54(26-12-10-25(11-13-26)44(57)58)22-24-16-34-40(49-19-24)42(53-43(52-34)41(46)47)51-33-8-4-7-29(39(33)45)28-6-5-9-35-30(28)21-50-55(35)27-17-37(59-2)31(38(18-27)60-3)20-48-32-14-15-61-23-36(32)56/h4-9,16-19,21,25-26,32,36,41,48,56H,10-15,20,22-23H2,1-3H3,(H,57,58)(H,51,52,53)/t25?,26?,32-,36+/m1/s1. The Morgan fingerprint density at radius 1 is 1.02 bits per heavy atom. The van der Waals surface area contributed by atoms with Crippen molar-refractivity contribution < 1.29 is 38.0 Å². The van der Waals surface area contributed by atoms with Gasteiger partial charge in [0.15, 0.2) is 11.6 Å². The van der Waals surface area contributed by atoms with Gasteiger partial charge >= 0.3 is 5.97 Å². The summed E-state index contributed by atoms with van der Waals surface area (Å²) < 4.78 is 47.3. The largest absolute Gasteiger partial charge is 0.496 e. The van der Waals surface area contributed by atoms with E-state index in [4.69, 9.17) is 30.9 Å². The number of anilines is 2. The lowest BCUT2D eigenvalue weighted by atomic mass is 9.85. The Labute approximate surface area is 355 Å². The second-order valence-electron chi connectivity index (χ2n) is 15.5. The van der Waals surface area contributed by atoms with E-state index >= 15 is 0 Å². The number of nitrogens with zero attached hydrogens (tertiary/aromatic N) is 6. The fourth-order valence-corrected chi connectivity index (χ4v) is 8.72. The molecule has 2 atom stereocenters. The van der Waals surface area contributed by atoms with Crippen LogP contribution in [0.15, 0.2) is 67.0 Å². The number of halogens is 3. The van der Waals surface area contributed by atoms with Crippen LogP contribution in [-0.2, 0) is 22.6 Å². The number of carbonyl (C=O) groups is 1. The van der Waals surface area contributed by atoms with E-state index in [2.05, 4.69) is 30.5 Å². The van der Waals surface area contributed by atoms with Gasteiger partial charge < -0.3 is 35.1 Å². The molecule has 4 heterocycles. The zero-order chi connectivity index (χ0) is 42.8. The number of pyridine rings is 1. The molecule has 1 aliphatic carbocycles. The molecule has 2 aliphatic rings. The molecule has 17 heteroatoms. The lowest BCUT2D eigenvalue weighted by molar-refractivity contribution is -0.143. The molecule has 3 aromatic heterocycles. The van der Waals surface area contributed by atoms with Crippen LogP contribution in [0.3, 0.4) is 0 Å². The van der Waals surface area contributed by atoms with Crippen molar-refractivity contribution in [2.75, 3.05) is 39.8 Å². The summed E-state index contributed by atoms with van der Waals surface area (Å²) in [6, 6.07) is 16.8. The van der Waals surface area contributed by atoms with Gasteiger partial charge in [-0.1, -0.05) is 35.9 Å². The highest BCUT2D eigenvalue weighted by molar-refractivity contribution is 6.36. The Kier molecular flexibility index (Phi) is 12.6. The summed E-state index contributed by atoms with van der Waals surface area (Å²) >= 11 is 7.14. The van der Waals surface area contributed by atoms with Gasteiger partial charge in [0.1, 0.15) is 17.0 Å². The fourth-order valence-electron chi connectivity index (χ4n) is 8.45. The van der Waals surface area contributed by atoms with Gasteiger partial charge in [0.05, 0.1) is 72.0 Å². The van der Waals surface area contributed by atoms with Gasteiger partial charge in [-0.25, -0.2) is 23.4 Å². The number of hydrogen-bond donors (Lipinski definition) is 4. The molecule has 4 N–H and O–H groups in total. The number of nitrogens with one attached hydrogen (secondary N) is 2. The van der Waals surface area contributed by atoms with Crippen LogP contribution < -0.4 is 20.1 Å². The van der Waals surface area contributed by atoms with Crippen molar-refractivity contribution in [1.29, 1.82) is 0 Å². The molecule has 0 amide bonds. The number of hydrogen-bond acceptors (Lipinski definition) is 12. The number of aliphatic hydroxyl groups is 1. The number of ether oxygens (including phenoxy) is 3. The van der Waals surface area contributed by atoms with Crippen molar-refractivity contribution in [3.63, 3.8) is 0 Å². The van der Waals surface area contributed by atoms with Gasteiger partial charge in [-0.05, 0) is 68.5 Å². The van der Waals surface area contributed by atoms with E-state index < -0.39 is 24.3 Å². The average Bonchev–Trinajstić information content (AvgIpc) is 3.71. The topological polar surface area (TPSA) is 169 Å². The van der Waals surface area contributed by atoms with Gasteiger partial charge in [-0.2, -0.15) is 5.10 Å². The Balaban J connectivity index is 1.07. The Morgan fingerprint density at radius 3 is 2.46 bits per heavy atom. The van der Waals surface area contributed by atoms with E-state index in [0.717, 1.165) is 40.4 Å². The molecular weight excluding hydrogens is 810 g/mol. The van der Waals surface area contributed by atoms with Crippen molar-refractivity contribution in [3.8, 4) is 28.3 Å². The molecule has 0 spiro atoms. The van der Waals surface area contributed by atoms with Crippen molar-refractivity contribution in [2.24, 2.45) is 5.92 Å². The van der Waals surface area contributed by atoms with Gasteiger partial charge in [0.25, 0.3) is 6.43 Å². The molecule has 61 heavy (non-hydrogen) atoms. The summed E-state index contributed by atoms with van der Waals surface area (Å²) in [5, 5.41) is 32.3. The van der Waals surface area contributed by atoms with Crippen molar-refractivity contribution in [2.45, 2.75) is 69.8 Å². The molecule has 2 fully saturated rings. The van der Waals surface area contributed by atoms with E-state index in [1.54, 1.807) is 43.4 Å². The number of aromatic nitrogens is 5. The lowest BCUT2D eigenvalue weighted by Crippen LogP contribution is -2.46. The van der Waals surface area contributed by atoms with E-state index in [-0.39, 0.29) is 35.9 Å². The predicted octanol–water partition coefficient (Wildman–Crippen LogP) is 7.70. The van der Waals surface area contributed by atoms with Crippen LogP contribution in [0.4, 0.5) is 20.3 Å². The maximum absolute atomic E-state index is 14.2. The van der Waals surface area contributed by atoms with Gasteiger partial charge in [-0.15, -0.1) is 0 Å². The second-order valence-corrected chi connectivity index (χ2v) is 15.9. The molecule has 0 bridgehead atoms. The molecule has 320 valence electrons. The molecule has 3 aromatic carbocycles. The quantitative estimate of drug-likeness (QED) is 0.0842. The van der Waals surface area contributed by atoms with E-state index in [1.807, 2.05) is 49.5 Å². The van der Waals surface area contributed by atoms with Crippen LogP contribution in [0.1, 0.15) is 55.5 Å². The van der Waals surface area contributed by atoms with Crippen LogP contribution >= 0.6 is 11.6 Å². The SMILES string of the molecule is COc1cc(-n2ncc3c(-c4cccc(Nc5nc(C(F)F)nc6cc(CN(C)C7CCC(C(=O)O)CC7)cnc56)c4Cl)cccc32)cc(OC)c1CN[C@@H]1CCOC[C@@H]1O. The van der Waals surface area contributed by atoms with E-state index in [9.17, 15) is 23.8 Å². The molecule has 1 saturated carbocycles. The summed E-state index contributed by atoms with van der Waals surface area (Å²) in [4.78, 5) is 26.6. The fraction of sp³-hybridized carbons (Fsp3) is 0.386. The number of aliphatic carboxylic acids is 1. The van der Waals surface area contributed by atoms with Gasteiger partial charge in [0.2, 0.25) is 0 Å². The predicted molar refractivity (Wildman–Crippen MR) is 227 cm³/mol. The third kappa shape index (κ3) is 8.81. The summed E-state index contributed by atoms with van der Waals surface area (Å²) in [5.74, 6) is -0.449. The molecule has 1 aliphatic heterocycles. The van der Waals surface area contributed by atoms with Crippen LogP contribution in [0, 0.1) is 5.92 Å². The minimum absolute atomic E-state index is 0.0859. The molecule has 0 unspecified atom stereocenters. The number of aliphatic hydroxyl groups excluding tert-OH is 1. The van der Waals surface area contributed by atoms with Gasteiger partial charge in [0, 0.05) is 61.1 Å². The molecule has 14 nitrogen and oxygen atoms in total. The highest BCUT2D eigenvalue weighted by Gasteiger charge is 2.29. The maximum Gasteiger partial charge on any atom is 0.306 e. The zero-order valence-electron chi connectivity index (χ0n) is 33.9. The van der Waals surface area contributed by atoms with E-state index in [1.165, 1.54) is 0 Å². The van der Waals surface area contributed by atoms with Crippen LogP contribution in [0.25, 0.3) is 38.8 Å². The monoisotopic (exact) mass is 856 g/mol. The number of carboxylic acids is 1. The zero-order valence-corrected chi connectivity index (χ0v) is 34.7. The first kappa shape index (κ1) is 42.2. The van der Waals surface area contributed by atoms with Gasteiger partial charge in [-0.3, -0.25) is 14.7 Å². The first-order chi connectivity index (χ1) is 29.5. The molecular formula is C44H47ClF2N8O6. The maximum atomic E-state index is 14.2. The number of methoxy groups -OCH3 is 2. The first-order valence-corrected chi connectivity index (χ1v) is 20.6. The minimum Gasteiger partial charge on any atom is -0.496 e. The normalized spacial score (nSPS) is 19.5. The third-order valence-corrected chi connectivity index (χ3v) is 12.2. The molecule has 6 aromatic rings. The van der Waals surface area contributed by atoms with E-state index in [0.29, 0.717) is 77.9 Å². The van der Waals surface area contributed by atoms with Crippen LogP contribution in [0.2, 0.25) is 5.02 Å². The average molecular weight is 857 g/mol. The Hall–Kier alpha value is -5.52. The van der Waals surface area contributed by atoms with Crippen LogP contribution in [0.5, 0.6) is 11.5 Å². The number of alkyl halides is 2. The molecule has 8 rings (SSSR count).